The Kier molecular flexibility index (Phi) is 2.44. The summed E-state index contributed by atoms with van der Waals surface area (Å²) in [5.74, 6) is -0.701. The Morgan fingerprint density at radius 1 is 1.39 bits per heavy atom. The first-order valence-electron chi connectivity index (χ1n) is 6.33. The van der Waals surface area contributed by atoms with Gasteiger partial charge in [-0.1, -0.05) is 24.3 Å². The number of carbonyl (C=O) groups excluding carboxylic acids is 1. The van der Waals surface area contributed by atoms with Gasteiger partial charge < -0.3 is 15.2 Å². The standard InChI is InChI=1S/C15H17NO2/c1-8-6-7-12-10-4-3-5-11(10)14(15(17)18)16-13(12)9(8)2/h3-4,6-7,10-11,14,16H,5H2,1-2H3,(H,17,18)/p-1/t10-,11+,14-/m0/s1. The molecule has 0 saturated carbocycles. The summed E-state index contributed by atoms with van der Waals surface area (Å²) in [6.07, 6.45) is 5.02. The zero-order chi connectivity index (χ0) is 12.9. The lowest BCUT2D eigenvalue weighted by atomic mass is 9.78. The van der Waals surface area contributed by atoms with Gasteiger partial charge in [-0.25, -0.2) is 0 Å². The highest BCUT2D eigenvalue weighted by Gasteiger charge is 2.38. The first-order valence-corrected chi connectivity index (χ1v) is 6.33. The molecule has 94 valence electrons. The molecule has 1 heterocycles. The Hall–Kier alpha value is -1.77. The quantitative estimate of drug-likeness (QED) is 0.759. The number of aryl methyl sites for hydroxylation is 1. The zero-order valence-corrected chi connectivity index (χ0v) is 10.6. The first kappa shape index (κ1) is 11.3. The third-order valence-electron chi connectivity index (χ3n) is 4.32. The molecule has 2 aliphatic rings. The topological polar surface area (TPSA) is 52.2 Å². The molecule has 0 saturated heterocycles. The lowest BCUT2D eigenvalue weighted by Gasteiger charge is -2.38. The van der Waals surface area contributed by atoms with Crippen molar-refractivity contribution < 1.29 is 9.90 Å². The van der Waals surface area contributed by atoms with Crippen molar-refractivity contribution in [2.24, 2.45) is 5.92 Å². The third kappa shape index (κ3) is 1.47. The molecule has 18 heavy (non-hydrogen) atoms. The van der Waals surface area contributed by atoms with Crippen molar-refractivity contribution in [3.05, 3.63) is 41.0 Å². The first-order chi connectivity index (χ1) is 8.59. The van der Waals surface area contributed by atoms with E-state index in [1.54, 1.807) is 0 Å². The number of rotatable bonds is 1. The molecule has 1 N–H and O–H groups in total. The minimum absolute atomic E-state index is 0.0876. The van der Waals surface area contributed by atoms with Crippen LogP contribution in [0.5, 0.6) is 0 Å². The molecule has 1 aliphatic carbocycles. The van der Waals surface area contributed by atoms with E-state index in [-0.39, 0.29) is 11.8 Å². The molecule has 1 aromatic rings. The van der Waals surface area contributed by atoms with Gasteiger partial charge in [0, 0.05) is 11.6 Å². The van der Waals surface area contributed by atoms with E-state index in [9.17, 15) is 9.90 Å². The number of carboxylic acid groups (broad SMARTS) is 1. The monoisotopic (exact) mass is 242 g/mol. The van der Waals surface area contributed by atoms with Gasteiger partial charge in [-0.2, -0.15) is 0 Å². The second-order valence-electron chi connectivity index (χ2n) is 5.27. The van der Waals surface area contributed by atoms with Crippen LogP contribution in [0.2, 0.25) is 0 Å². The van der Waals surface area contributed by atoms with E-state index in [4.69, 9.17) is 0 Å². The molecule has 1 aliphatic heterocycles. The maximum Gasteiger partial charge on any atom is 0.0698 e. The van der Waals surface area contributed by atoms with Crippen molar-refractivity contribution in [3.63, 3.8) is 0 Å². The third-order valence-corrected chi connectivity index (χ3v) is 4.32. The van der Waals surface area contributed by atoms with E-state index in [1.165, 1.54) is 11.1 Å². The van der Waals surface area contributed by atoms with Crippen molar-refractivity contribution in [1.29, 1.82) is 0 Å². The van der Waals surface area contributed by atoms with Crippen LogP contribution in [-0.4, -0.2) is 12.0 Å². The van der Waals surface area contributed by atoms with Crippen molar-refractivity contribution in [2.75, 3.05) is 5.32 Å². The minimum atomic E-state index is -1.000. The maximum absolute atomic E-state index is 11.3. The Balaban J connectivity index is 2.14. The Morgan fingerprint density at radius 3 is 2.89 bits per heavy atom. The molecule has 0 spiro atoms. The number of hydrogen-bond donors (Lipinski definition) is 1. The van der Waals surface area contributed by atoms with Crippen LogP contribution in [0.15, 0.2) is 24.3 Å². The van der Waals surface area contributed by atoms with Crippen LogP contribution >= 0.6 is 0 Å². The average Bonchev–Trinajstić information content (AvgIpc) is 2.81. The molecule has 0 unspecified atom stereocenters. The molecule has 0 fully saturated rings. The Morgan fingerprint density at radius 2 is 2.17 bits per heavy atom. The van der Waals surface area contributed by atoms with Crippen LogP contribution in [0.1, 0.15) is 29.0 Å². The Bertz CT molecular complexity index is 548. The second kappa shape index (κ2) is 3.87. The van der Waals surface area contributed by atoms with Crippen molar-refractivity contribution in [2.45, 2.75) is 32.2 Å². The van der Waals surface area contributed by atoms with E-state index in [0.29, 0.717) is 0 Å². The highest BCUT2D eigenvalue weighted by molar-refractivity contribution is 5.80. The molecule has 3 rings (SSSR count). The predicted molar refractivity (Wildman–Crippen MR) is 68.3 cm³/mol. The molecule has 3 atom stereocenters. The number of aliphatic carboxylic acids is 1. The summed E-state index contributed by atoms with van der Waals surface area (Å²) in [5, 5.41) is 14.5. The SMILES string of the molecule is Cc1ccc2c(c1C)N[C@H](C(=O)[O-])[C@@H]1CC=C[C@H]21. The maximum atomic E-state index is 11.3. The van der Waals surface area contributed by atoms with E-state index >= 15 is 0 Å². The van der Waals surface area contributed by atoms with Gasteiger partial charge in [0.15, 0.2) is 0 Å². The molecular formula is C15H16NO2-. The number of benzene rings is 1. The fourth-order valence-electron chi connectivity index (χ4n) is 3.15. The number of carboxylic acids is 1. The fraction of sp³-hybridized carbons (Fsp3) is 0.400. The van der Waals surface area contributed by atoms with Gasteiger partial charge in [0.1, 0.15) is 0 Å². The van der Waals surface area contributed by atoms with Crippen molar-refractivity contribution in [1.82, 2.24) is 0 Å². The summed E-state index contributed by atoms with van der Waals surface area (Å²) in [6.45, 7) is 4.08. The largest absolute Gasteiger partial charge is 0.548 e. The summed E-state index contributed by atoms with van der Waals surface area (Å²) >= 11 is 0. The number of allylic oxidation sites excluding steroid dienone is 2. The van der Waals surface area contributed by atoms with Gasteiger partial charge >= 0.3 is 0 Å². The lowest BCUT2D eigenvalue weighted by Crippen LogP contribution is -2.49. The molecule has 1 aromatic carbocycles. The van der Waals surface area contributed by atoms with Gasteiger partial charge in [0.05, 0.1) is 12.0 Å². The smallest absolute Gasteiger partial charge is 0.0698 e. The molecule has 0 radical (unpaired) electrons. The second-order valence-corrected chi connectivity index (χ2v) is 5.27. The molecule has 0 amide bonds. The van der Waals surface area contributed by atoms with E-state index in [1.807, 2.05) is 13.8 Å². The average molecular weight is 242 g/mol. The van der Waals surface area contributed by atoms with Gasteiger partial charge in [-0.15, -0.1) is 0 Å². The van der Waals surface area contributed by atoms with Crippen LogP contribution in [0.25, 0.3) is 0 Å². The van der Waals surface area contributed by atoms with Gasteiger partial charge in [-0.05, 0) is 42.9 Å². The highest BCUT2D eigenvalue weighted by Crippen LogP contribution is 2.45. The van der Waals surface area contributed by atoms with Crippen LogP contribution in [0, 0.1) is 19.8 Å². The zero-order valence-electron chi connectivity index (χ0n) is 10.6. The summed E-state index contributed by atoms with van der Waals surface area (Å²) in [7, 11) is 0. The molecule has 3 nitrogen and oxygen atoms in total. The lowest BCUT2D eigenvalue weighted by molar-refractivity contribution is -0.308. The van der Waals surface area contributed by atoms with Crippen LogP contribution in [-0.2, 0) is 4.79 Å². The molecular weight excluding hydrogens is 226 g/mol. The van der Waals surface area contributed by atoms with E-state index in [2.05, 4.69) is 29.6 Å². The van der Waals surface area contributed by atoms with Gasteiger partial charge in [-0.3, -0.25) is 0 Å². The van der Waals surface area contributed by atoms with Crippen LogP contribution < -0.4 is 10.4 Å². The normalized spacial score (nSPS) is 28.4. The van der Waals surface area contributed by atoms with Crippen molar-refractivity contribution >= 4 is 11.7 Å². The number of nitrogens with one attached hydrogen (secondary N) is 1. The van der Waals surface area contributed by atoms with E-state index < -0.39 is 12.0 Å². The summed E-state index contributed by atoms with van der Waals surface area (Å²) < 4.78 is 0. The fourth-order valence-corrected chi connectivity index (χ4v) is 3.15. The number of hydrogen-bond acceptors (Lipinski definition) is 3. The summed E-state index contributed by atoms with van der Waals surface area (Å²) in [4.78, 5) is 11.3. The summed E-state index contributed by atoms with van der Waals surface area (Å²) in [6, 6.07) is 3.64. The number of anilines is 1. The predicted octanol–water partition coefficient (Wildman–Crippen LogP) is 1.51. The van der Waals surface area contributed by atoms with Crippen molar-refractivity contribution in [3.8, 4) is 0 Å². The Labute approximate surface area is 107 Å². The number of carbonyl (C=O) groups is 1. The molecule has 0 bridgehead atoms. The van der Waals surface area contributed by atoms with Gasteiger partial charge in [0.2, 0.25) is 0 Å². The highest BCUT2D eigenvalue weighted by atomic mass is 16.4. The summed E-state index contributed by atoms with van der Waals surface area (Å²) in [5.41, 5.74) is 4.52. The van der Waals surface area contributed by atoms with Gasteiger partial charge in [0.25, 0.3) is 0 Å². The number of fused-ring (bicyclic) bond motifs is 3. The van der Waals surface area contributed by atoms with Crippen LogP contribution in [0.3, 0.4) is 0 Å². The minimum Gasteiger partial charge on any atom is -0.548 e. The van der Waals surface area contributed by atoms with Crippen LogP contribution in [0.4, 0.5) is 5.69 Å². The molecule has 0 aromatic heterocycles. The molecule has 3 heteroatoms. The van der Waals surface area contributed by atoms with E-state index in [0.717, 1.165) is 17.7 Å².